The Bertz CT molecular complexity index is 643. The first-order chi connectivity index (χ1) is 10.6. The van der Waals surface area contributed by atoms with Crippen LogP contribution in [-0.4, -0.2) is 24.7 Å². The van der Waals surface area contributed by atoms with E-state index in [0.29, 0.717) is 12.5 Å². The van der Waals surface area contributed by atoms with Gasteiger partial charge < -0.3 is 15.2 Å². The molecule has 1 heterocycles. The second-order valence-corrected chi connectivity index (χ2v) is 4.81. The third-order valence-corrected chi connectivity index (χ3v) is 3.24. The van der Waals surface area contributed by atoms with Gasteiger partial charge in [-0.05, 0) is 24.6 Å². The maximum absolute atomic E-state index is 11.5. The molecule has 0 aliphatic rings. The lowest BCUT2D eigenvalue weighted by Gasteiger charge is -2.12. The lowest BCUT2D eigenvalue weighted by molar-refractivity contribution is -0.143. The Kier molecular flexibility index (Phi) is 5.49. The molecular formula is C17H20N2O3. The van der Waals surface area contributed by atoms with Crippen molar-refractivity contribution in [3.63, 3.8) is 0 Å². The van der Waals surface area contributed by atoms with Crippen LogP contribution in [0.5, 0.6) is 5.88 Å². The Morgan fingerprint density at radius 1 is 1.27 bits per heavy atom. The summed E-state index contributed by atoms with van der Waals surface area (Å²) in [5.41, 5.74) is 8.68. The molecule has 0 amide bonds. The van der Waals surface area contributed by atoms with Gasteiger partial charge in [0.25, 0.3) is 0 Å². The van der Waals surface area contributed by atoms with E-state index in [9.17, 15) is 4.79 Å². The fourth-order valence-corrected chi connectivity index (χ4v) is 2.14. The van der Waals surface area contributed by atoms with E-state index in [1.807, 2.05) is 36.4 Å². The zero-order chi connectivity index (χ0) is 15.9. The molecule has 0 fully saturated rings. The van der Waals surface area contributed by atoms with E-state index in [1.165, 1.54) is 0 Å². The molecule has 116 valence electrons. The van der Waals surface area contributed by atoms with Gasteiger partial charge in [0.05, 0.1) is 25.8 Å². The van der Waals surface area contributed by atoms with Crippen molar-refractivity contribution in [2.24, 2.45) is 5.73 Å². The summed E-state index contributed by atoms with van der Waals surface area (Å²) in [5.74, 6) is 0.263. The molecule has 5 heteroatoms. The molecule has 1 atom stereocenters. The standard InChI is InChI=1S/C17H20N2O3/c1-3-22-17(20)11-14(18)12-6-4-7-13(10-12)15-8-5-9-16(19-15)21-2/h4-10,14H,3,11,18H2,1-2H3/t14-/m0/s1. The molecule has 1 aromatic heterocycles. The fourth-order valence-electron chi connectivity index (χ4n) is 2.14. The molecule has 0 spiro atoms. The number of benzene rings is 1. The van der Waals surface area contributed by atoms with Gasteiger partial charge in [-0.2, -0.15) is 0 Å². The number of rotatable bonds is 6. The van der Waals surface area contributed by atoms with Crippen LogP contribution in [0, 0.1) is 0 Å². The largest absolute Gasteiger partial charge is 0.481 e. The Morgan fingerprint density at radius 3 is 2.77 bits per heavy atom. The molecule has 0 aliphatic heterocycles. The minimum Gasteiger partial charge on any atom is -0.481 e. The molecule has 5 nitrogen and oxygen atoms in total. The van der Waals surface area contributed by atoms with Crippen molar-refractivity contribution in [3.05, 3.63) is 48.0 Å². The van der Waals surface area contributed by atoms with E-state index in [0.717, 1.165) is 16.8 Å². The van der Waals surface area contributed by atoms with Gasteiger partial charge in [-0.3, -0.25) is 4.79 Å². The topological polar surface area (TPSA) is 74.4 Å². The van der Waals surface area contributed by atoms with Gasteiger partial charge in [-0.1, -0.05) is 24.3 Å². The molecule has 2 rings (SSSR count). The third-order valence-electron chi connectivity index (χ3n) is 3.24. The lowest BCUT2D eigenvalue weighted by atomic mass is 10.0. The molecule has 0 aliphatic carbocycles. The minimum atomic E-state index is -0.399. The van der Waals surface area contributed by atoms with Crippen molar-refractivity contribution in [1.82, 2.24) is 4.98 Å². The molecule has 0 saturated heterocycles. The molecule has 1 aromatic carbocycles. The highest BCUT2D eigenvalue weighted by molar-refractivity contribution is 5.70. The highest BCUT2D eigenvalue weighted by atomic mass is 16.5. The second-order valence-electron chi connectivity index (χ2n) is 4.81. The number of esters is 1. The SMILES string of the molecule is CCOC(=O)C[C@H](N)c1cccc(-c2cccc(OC)n2)c1. The maximum atomic E-state index is 11.5. The molecule has 0 saturated carbocycles. The summed E-state index contributed by atoms with van der Waals surface area (Å²) in [5, 5.41) is 0. The highest BCUT2D eigenvalue weighted by Crippen LogP contribution is 2.24. The minimum absolute atomic E-state index is 0.156. The molecule has 22 heavy (non-hydrogen) atoms. The fraction of sp³-hybridized carbons (Fsp3) is 0.294. The Morgan fingerprint density at radius 2 is 2.05 bits per heavy atom. The van der Waals surface area contributed by atoms with Crippen LogP contribution in [0.3, 0.4) is 0 Å². The first-order valence-electron chi connectivity index (χ1n) is 7.16. The Hall–Kier alpha value is -2.40. The zero-order valence-electron chi connectivity index (χ0n) is 12.8. The summed E-state index contributed by atoms with van der Waals surface area (Å²) in [6.45, 7) is 2.14. The predicted molar refractivity (Wildman–Crippen MR) is 84.4 cm³/mol. The van der Waals surface area contributed by atoms with E-state index in [2.05, 4.69) is 4.98 Å². The van der Waals surface area contributed by atoms with Crippen LogP contribution in [0.2, 0.25) is 0 Å². The summed E-state index contributed by atoms with van der Waals surface area (Å²) in [6.07, 6.45) is 0.156. The number of nitrogens with zero attached hydrogens (tertiary/aromatic N) is 1. The first kappa shape index (κ1) is 16.0. The van der Waals surface area contributed by atoms with Gasteiger partial charge in [0.15, 0.2) is 0 Å². The third kappa shape index (κ3) is 4.05. The monoisotopic (exact) mass is 300 g/mol. The Labute approximate surface area is 130 Å². The van der Waals surface area contributed by atoms with Gasteiger partial charge in [0.1, 0.15) is 0 Å². The number of hydrogen-bond acceptors (Lipinski definition) is 5. The summed E-state index contributed by atoms with van der Waals surface area (Å²) >= 11 is 0. The van der Waals surface area contributed by atoms with Crippen molar-refractivity contribution in [2.45, 2.75) is 19.4 Å². The van der Waals surface area contributed by atoms with E-state index in [4.69, 9.17) is 15.2 Å². The molecule has 0 bridgehead atoms. The summed E-state index contributed by atoms with van der Waals surface area (Å²) in [7, 11) is 1.58. The second kappa shape index (κ2) is 7.56. The quantitative estimate of drug-likeness (QED) is 0.830. The predicted octanol–water partition coefficient (Wildman–Crippen LogP) is 2.71. The van der Waals surface area contributed by atoms with Crippen LogP contribution in [0.1, 0.15) is 24.9 Å². The molecule has 0 unspecified atom stereocenters. The van der Waals surface area contributed by atoms with Crippen LogP contribution in [-0.2, 0) is 9.53 Å². The van der Waals surface area contributed by atoms with Crippen LogP contribution in [0.4, 0.5) is 0 Å². The van der Waals surface area contributed by atoms with Crippen molar-refractivity contribution in [2.75, 3.05) is 13.7 Å². The number of hydrogen-bond donors (Lipinski definition) is 1. The van der Waals surface area contributed by atoms with Gasteiger partial charge in [-0.15, -0.1) is 0 Å². The van der Waals surface area contributed by atoms with Crippen molar-refractivity contribution >= 4 is 5.97 Å². The van der Waals surface area contributed by atoms with E-state index in [1.54, 1.807) is 20.1 Å². The number of methoxy groups -OCH3 is 1. The van der Waals surface area contributed by atoms with E-state index >= 15 is 0 Å². The summed E-state index contributed by atoms with van der Waals surface area (Å²) < 4.78 is 10.1. The molecule has 0 radical (unpaired) electrons. The van der Waals surface area contributed by atoms with Gasteiger partial charge in [0.2, 0.25) is 5.88 Å². The number of pyridine rings is 1. The molecule has 2 N–H and O–H groups in total. The van der Waals surface area contributed by atoms with Gasteiger partial charge in [-0.25, -0.2) is 4.98 Å². The zero-order valence-corrected chi connectivity index (χ0v) is 12.8. The van der Waals surface area contributed by atoms with Crippen molar-refractivity contribution < 1.29 is 14.3 Å². The van der Waals surface area contributed by atoms with E-state index in [-0.39, 0.29) is 12.4 Å². The number of aromatic nitrogens is 1. The lowest BCUT2D eigenvalue weighted by Crippen LogP contribution is -2.17. The van der Waals surface area contributed by atoms with Gasteiger partial charge >= 0.3 is 5.97 Å². The number of ether oxygens (including phenoxy) is 2. The average Bonchev–Trinajstić information content (AvgIpc) is 2.55. The molecular weight excluding hydrogens is 280 g/mol. The van der Waals surface area contributed by atoms with Crippen LogP contribution in [0.25, 0.3) is 11.3 Å². The normalized spacial score (nSPS) is 11.8. The number of carbonyl (C=O) groups excluding carboxylic acids is 1. The van der Waals surface area contributed by atoms with Crippen LogP contribution >= 0.6 is 0 Å². The highest BCUT2D eigenvalue weighted by Gasteiger charge is 2.13. The average molecular weight is 300 g/mol. The van der Waals surface area contributed by atoms with Gasteiger partial charge in [0, 0.05) is 17.7 Å². The summed E-state index contributed by atoms with van der Waals surface area (Å²) in [4.78, 5) is 15.9. The number of carbonyl (C=O) groups is 1. The van der Waals surface area contributed by atoms with Crippen molar-refractivity contribution in [1.29, 1.82) is 0 Å². The smallest absolute Gasteiger partial charge is 0.307 e. The van der Waals surface area contributed by atoms with Crippen LogP contribution in [0.15, 0.2) is 42.5 Å². The molecule has 2 aromatic rings. The van der Waals surface area contributed by atoms with Crippen molar-refractivity contribution in [3.8, 4) is 17.1 Å². The van der Waals surface area contributed by atoms with E-state index < -0.39 is 6.04 Å². The first-order valence-corrected chi connectivity index (χ1v) is 7.16. The van der Waals surface area contributed by atoms with Crippen LogP contribution < -0.4 is 10.5 Å². The summed E-state index contributed by atoms with van der Waals surface area (Å²) in [6, 6.07) is 12.9. The Balaban J connectivity index is 2.20. The number of nitrogens with two attached hydrogens (primary N) is 1. The maximum Gasteiger partial charge on any atom is 0.307 e.